The predicted octanol–water partition coefficient (Wildman–Crippen LogP) is 1.65. The van der Waals surface area contributed by atoms with E-state index >= 15 is 0 Å². The standard InChI is InChI=1S/C8H9NS/c9-5-6-3-7-1-2-10-8(7)4-6/h1-2,4H,3,5,9H2. The molecule has 0 atom stereocenters. The highest BCUT2D eigenvalue weighted by Gasteiger charge is 2.11. The van der Waals surface area contributed by atoms with Crippen molar-refractivity contribution in [1.29, 1.82) is 0 Å². The lowest BCUT2D eigenvalue weighted by molar-refractivity contribution is 1.07. The first-order valence-electron chi connectivity index (χ1n) is 3.36. The van der Waals surface area contributed by atoms with E-state index in [2.05, 4.69) is 17.5 Å². The Labute approximate surface area is 64.2 Å². The molecule has 1 heterocycles. The van der Waals surface area contributed by atoms with E-state index in [1.165, 1.54) is 16.0 Å². The predicted molar refractivity (Wildman–Crippen MR) is 45.1 cm³/mol. The largest absolute Gasteiger partial charge is 0.327 e. The van der Waals surface area contributed by atoms with Crippen molar-refractivity contribution >= 4 is 17.4 Å². The third-order valence-electron chi connectivity index (χ3n) is 1.80. The molecule has 52 valence electrons. The van der Waals surface area contributed by atoms with Crippen LogP contribution < -0.4 is 5.73 Å². The molecule has 0 spiro atoms. The van der Waals surface area contributed by atoms with Crippen molar-refractivity contribution in [3.63, 3.8) is 0 Å². The van der Waals surface area contributed by atoms with Gasteiger partial charge in [0.2, 0.25) is 0 Å². The fourth-order valence-electron chi connectivity index (χ4n) is 1.23. The highest BCUT2D eigenvalue weighted by molar-refractivity contribution is 7.11. The molecule has 1 aliphatic rings. The van der Waals surface area contributed by atoms with E-state index in [1.807, 2.05) is 0 Å². The Kier molecular flexibility index (Phi) is 1.36. The van der Waals surface area contributed by atoms with Crippen molar-refractivity contribution in [3.8, 4) is 0 Å². The molecule has 2 heteroatoms. The molecule has 0 unspecified atom stereocenters. The molecular weight excluding hydrogens is 142 g/mol. The normalized spacial score (nSPS) is 15.1. The fourth-order valence-corrected chi connectivity index (χ4v) is 2.14. The van der Waals surface area contributed by atoms with Gasteiger partial charge in [0.15, 0.2) is 0 Å². The van der Waals surface area contributed by atoms with Crippen LogP contribution in [0.15, 0.2) is 17.0 Å². The van der Waals surface area contributed by atoms with Crippen LogP contribution >= 0.6 is 11.3 Å². The van der Waals surface area contributed by atoms with Gasteiger partial charge in [-0.1, -0.05) is 5.57 Å². The Hall–Kier alpha value is -0.600. The molecule has 2 rings (SSSR count). The van der Waals surface area contributed by atoms with E-state index in [4.69, 9.17) is 5.73 Å². The first-order valence-corrected chi connectivity index (χ1v) is 4.24. The summed E-state index contributed by atoms with van der Waals surface area (Å²) >= 11 is 1.80. The SMILES string of the molecule is NCC1=Cc2sccc2C1. The molecule has 1 aromatic rings. The van der Waals surface area contributed by atoms with Gasteiger partial charge in [0.25, 0.3) is 0 Å². The van der Waals surface area contributed by atoms with Crippen molar-refractivity contribution in [2.75, 3.05) is 6.54 Å². The van der Waals surface area contributed by atoms with Crippen LogP contribution in [0.25, 0.3) is 6.08 Å². The van der Waals surface area contributed by atoms with Gasteiger partial charge in [0.1, 0.15) is 0 Å². The molecule has 1 aliphatic carbocycles. The summed E-state index contributed by atoms with van der Waals surface area (Å²) in [5, 5.41) is 2.13. The minimum absolute atomic E-state index is 0.710. The average Bonchev–Trinajstić information content (AvgIpc) is 2.42. The summed E-state index contributed by atoms with van der Waals surface area (Å²) in [5.41, 5.74) is 8.32. The monoisotopic (exact) mass is 151 g/mol. The highest BCUT2D eigenvalue weighted by Crippen LogP contribution is 2.28. The molecule has 10 heavy (non-hydrogen) atoms. The maximum atomic E-state index is 5.51. The van der Waals surface area contributed by atoms with Crippen LogP contribution in [0.3, 0.4) is 0 Å². The van der Waals surface area contributed by atoms with Gasteiger partial charge in [-0.25, -0.2) is 0 Å². The smallest absolute Gasteiger partial charge is 0.0305 e. The van der Waals surface area contributed by atoms with Gasteiger partial charge in [0, 0.05) is 11.4 Å². The summed E-state index contributed by atoms with van der Waals surface area (Å²) in [4.78, 5) is 1.40. The molecule has 1 nitrogen and oxygen atoms in total. The summed E-state index contributed by atoms with van der Waals surface area (Å²) in [6.45, 7) is 0.710. The van der Waals surface area contributed by atoms with Crippen LogP contribution in [-0.2, 0) is 6.42 Å². The molecule has 0 saturated heterocycles. The van der Waals surface area contributed by atoms with Crippen molar-refractivity contribution < 1.29 is 0 Å². The van der Waals surface area contributed by atoms with Gasteiger partial charge in [-0.2, -0.15) is 0 Å². The second kappa shape index (κ2) is 2.22. The zero-order valence-corrected chi connectivity index (χ0v) is 6.45. The second-order valence-electron chi connectivity index (χ2n) is 2.49. The minimum Gasteiger partial charge on any atom is -0.327 e. The van der Waals surface area contributed by atoms with Crippen LogP contribution in [0.1, 0.15) is 10.4 Å². The molecule has 0 saturated carbocycles. The summed E-state index contributed by atoms with van der Waals surface area (Å²) in [5.74, 6) is 0. The van der Waals surface area contributed by atoms with Crippen LogP contribution in [0.5, 0.6) is 0 Å². The van der Waals surface area contributed by atoms with Crippen LogP contribution in [0, 0.1) is 0 Å². The zero-order valence-electron chi connectivity index (χ0n) is 5.63. The summed E-state index contributed by atoms with van der Waals surface area (Å²) < 4.78 is 0. The third kappa shape index (κ3) is 0.805. The average molecular weight is 151 g/mol. The molecule has 0 amide bonds. The van der Waals surface area contributed by atoms with Crippen molar-refractivity contribution in [1.82, 2.24) is 0 Å². The minimum atomic E-state index is 0.710. The topological polar surface area (TPSA) is 26.0 Å². The van der Waals surface area contributed by atoms with Gasteiger partial charge >= 0.3 is 0 Å². The number of nitrogens with two attached hydrogens (primary N) is 1. The maximum Gasteiger partial charge on any atom is 0.0305 e. The first kappa shape index (κ1) is 6.13. The highest BCUT2D eigenvalue weighted by atomic mass is 32.1. The van der Waals surface area contributed by atoms with Crippen LogP contribution in [-0.4, -0.2) is 6.54 Å². The van der Waals surface area contributed by atoms with E-state index in [9.17, 15) is 0 Å². The Balaban J connectivity index is 2.36. The second-order valence-corrected chi connectivity index (χ2v) is 3.44. The van der Waals surface area contributed by atoms with E-state index in [-0.39, 0.29) is 0 Å². The first-order chi connectivity index (χ1) is 4.90. The Bertz CT molecular complexity index is 273. The molecule has 2 N–H and O–H groups in total. The maximum absolute atomic E-state index is 5.51. The van der Waals surface area contributed by atoms with E-state index in [0.29, 0.717) is 6.54 Å². The van der Waals surface area contributed by atoms with Crippen molar-refractivity contribution in [3.05, 3.63) is 27.5 Å². The Morgan fingerprint density at radius 1 is 1.60 bits per heavy atom. The summed E-state index contributed by atoms with van der Waals surface area (Å²) in [7, 11) is 0. The summed E-state index contributed by atoms with van der Waals surface area (Å²) in [6, 6.07) is 2.18. The molecule has 0 radical (unpaired) electrons. The molecule has 1 aromatic heterocycles. The van der Waals surface area contributed by atoms with E-state index in [0.717, 1.165) is 6.42 Å². The van der Waals surface area contributed by atoms with Gasteiger partial charge in [0.05, 0.1) is 0 Å². The number of hydrogen-bond donors (Lipinski definition) is 1. The fraction of sp³-hybridized carbons (Fsp3) is 0.250. The lowest BCUT2D eigenvalue weighted by Gasteiger charge is -1.91. The lowest BCUT2D eigenvalue weighted by Crippen LogP contribution is -2.01. The van der Waals surface area contributed by atoms with Gasteiger partial charge in [-0.3, -0.25) is 0 Å². The molecular formula is C8H9NS. The van der Waals surface area contributed by atoms with Gasteiger partial charge < -0.3 is 5.73 Å². The molecule has 0 aliphatic heterocycles. The Morgan fingerprint density at radius 2 is 2.50 bits per heavy atom. The van der Waals surface area contributed by atoms with E-state index in [1.54, 1.807) is 11.3 Å². The van der Waals surface area contributed by atoms with Gasteiger partial charge in [-0.05, 0) is 29.5 Å². The van der Waals surface area contributed by atoms with Crippen molar-refractivity contribution in [2.45, 2.75) is 6.42 Å². The molecule has 0 bridgehead atoms. The molecule has 0 fully saturated rings. The number of fused-ring (bicyclic) bond motifs is 1. The quantitative estimate of drug-likeness (QED) is 0.649. The number of thiophene rings is 1. The lowest BCUT2D eigenvalue weighted by atomic mass is 10.2. The number of hydrogen-bond acceptors (Lipinski definition) is 2. The number of rotatable bonds is 1. The van der Waals surface area contributed by atoms with E-state index < -0.39 is 0 Å². The zero-order chi connectivity index (χ0) is 6.97. The third-order valence-corrected chi connectivity index (χ3v) is 2.70. The van der Waals surface area contributed by atoms with Crippen LogP contribution in [0.4, 0.5) is 0 Å². The molecule has 0 aromatic carbocycles. The Morgan fingerprint density at radius 3 is 3.20 bits per heavy atom. The van der Waals surface area contributed by atoms with Gasteiger partial charge in [-0.15, -0.1) is 11.3 Å². The van der Waals surface area contributed by atoms with Crippen molar-refractivity contribution in [2.24, 2.45) is 5.73 Å². The van der Waals surface area contributed by atoms with Crippen LogP contribution in [0.2, 0.25) is 0 Å². The summed E-state index contributed by atoms with van der Waals surface area (Å²) in [6.07, 6.45) is 3.29.